The van der Waals surface area contributed by atoms with Gasteiger partial charge in [-0.25, -0.2) is 4.79 Å². The number of carbonyl (C=O) groups excluding carboxylic acids is 1. The molecule has 0 spiro atoms. The molecule has 1 aliphatic heterocycles. The molecule has 0 aliphatic carbocycles. The van der Waals surface area contributed by atoms with Crippen LogP contribution in [-0.2, 0) is 13.1 Å². The van der Waals surface area contributed by atoms with Gasteiger partial charge in [-0.1, -0.05) is 28.1 Å². The Balaban J connectivity index is 2.11. The van der Waals surface area contributed by atoms with Crippen molar-refractivity contribution in [1.82, 2.24) is 10.2 Å². The van der Waals surface area contributed by atoms with Gasteiger partial charge in [0.1, 0.15) is 0 Å². The lowest BCUT2D eigenvalue weighted by atomic mass is 10.1. The molecule has 0 saturated heterocycles. The van der Waals surface area contributed by atoms with Crippen LogP contribution in [0.25, 0.3) is 0 Å². The van der Waals surface area contributed by atoms with E-state index < -0.39 is 0 Å². The molecule has 1 N–H and O–H groups in total. The van der Waals surface area contributed by atoms with Gasteiger partial charge in [-0.15, -0.1) is 0 Å². The lowest BCUT2D eigenvalue weighted by Crippen LogP contribution is -2.40. The van der Waals surface area contributed by atoms with Crippen LogP contribution in [0.3, 0.4) is 0 Å². The van der Waals surface area contributed by atoms with Crippen LogP contribution in [0.4, 0.5) is 4.79 Å². The van der Waals surface area contributed by atoms with E-state index in [2.05, 4.69) is 27.3 Å². The summed E-state index contributed by atoms with van der Waals surface area (Å²) >= 11 is 3.52. The van der Waals surface area contributed by atoms with Gasteiger partial charge in [0.15, 0.2) is 0 Å². The molecule has 0 unspecified atom stereocenters. The van der Waals surface area contributed by atoms with Crippen molar-refractivity contribution in [2.75, 3.05) is 0 Å². The van der Waals surface area contributed by atoms with Crippen LogP contribution in [0, 0.1) is 0 Å². The van der Waals surface area contributed by atoms with Gasteiger partial charge in [0.25, 0.3) is 0 Å². The van der Waals surface area contributed by atoms with Gasteiger partial charge >= 0.3 is 6.03 Å². The molecule has 1 aromatic carbocycles. The summed E-state index contributed by atoms with van der Waals surface area (Å²) in [6.07, 6.45) is 0. The van der Waals surface area contributed by atoms with Crippen molar-refractivity contribution in [3.05, 3.63) is 33.8 Å². The molecule has 0 aromatic heterocycles. The molecule has 86 valence electrons. The van der Waals surface area contributed by atoms with Gasteiger partial charge in [0, 0.05) is 23.6 Å². The van der Waals surface area contributed by atoms with Gasteiger partial charge in [0.2, 0.25) is 0 Å². The number of nitrogens with one attached hydrogen (secondary N) is 1. The van der Waals surface area contributed by atoms with Crippen LogP contribution in [-0.4, -0.2) is 17.0 Å². The molecule has 3 nitrogen and oxygen atoms in total. The number of urea groups is 1. The predicted octanol–water partition coefficient (Wildman–Crippen LogP) is 2.88. The van der Waals surface area contributed by atoms with Crippen molar-refractivity contribution >= 4 is 22.0 Å². The third-order valence-electron chi connectivity index (χ3n) is 2.63. The summed E-state index contributed by atoms with van der Waals surface area (Å²) in [6.45, 7) is 5.33. The van der Waals surface area contributed by atoms with E-state index in [0.717, 1.165) is 4.47 Å². The van der Waals surface area contributed by atoms with E-state index in [9.17, 15) is 4.79 Å². The van der Waals surface area contributed by atoms with Crippen LogP contribution in [0.1, 0.15) is 25.0 Å². The summed E-state index contributed by atoms with van der Waals surface area (Å²) in [5.41, 5.74) is 2.45. The Morgan fingerprint density at radius 3 is 2.81 bits per heavy atom. The van der Waals surface area contributed by atoms with Crippen molar-refractivity contribution in [2.24, 2.45) is 0 Å². The smallest absolute Gasteiger partial charge is 0.318 e. The molecule has 16 heavy (non-hydrogen) atoms. The Kier molecular flexibility index (Phi) is 3.19. The number of amides is 2. The highest BCUT2D eigenvalue weighted by atomic mass is 79.9. The monoisotopic (exact) mass is 282 g/mol. The molecular weight excluding hydrogens is 268 g/mol. The summed E-state index contributed by atoms with van der Waals surface area (Å²) in [5.74, 6) is 0. The molecule has 2 amide bonds. The molecule has 1 aliphatic rings. The molecule has 0 atom stereocenters. The highest BCUT2D eigenvalue weighted by Gasteiger charge is 2.24. The quantitative estimate of drug-likeness (QED) is 0.844. The van der Waals surface area contributed by atoms with E-state index in [1.54, 1.807) is 0 Å². The predicted molar refractivity (Wildman–Crippen MR) is 67.1 cm³/mol. The fraction of sp³-hybridized carbons (Fsp3) is 0.417. The first-order valence-electron chi connectivity index (χ1n) is 5.39. The number of hydrogen-bond acceptors (Lipinski definition) is 1. The van der Waals surface area contributed by atoms with E-state index in [4.69, 9.17) is 0 Å². The van der Waals surface area contributed by atoms with Crippen molar-refractivity contribution < 1.29 is 4.79 Å². The first kappa shape index (κ1) is 11.5. The van der Waals surface area contributed by atoms with Crippen molar-refractivity contribution in [2.45, 2.75) is 33.0 Å². The molecule has 2 rings (SSSR count). The minimum atomic E-state index is 0.0121. The van der Waals surface area contributed by atoms with Crippen LogP contribution >= 0.6 is 15.9 Å². The maximum atomic E-state index is 11.8. The minimum absolute atomic E-state index is 0.0121. The molecule has 1 heterocycles. The highest BCUT2D eigenvalue weighted by Crippen LogP contribution is 2.29. The SMILES string of the molecule is CC(C)NC(=O)N1Cc2cccc(Br)c2C1. The minimum Gasteiger partial charge on any atom is -0.336 e. The van der Waals surface area contributed by atoms with Gasteiger partial charge in [0.05, 0.1) is 0 Å². The third kappa shape index (κ3) is 2.21. The fourth-order valence-corrected chi connectivity index (χ4v) is 2.40. The summed E-state index contributed by atoms with van der Waals surface area (Å²) < 4.78 is 1.09. The second kappa shape index (κ2) is 4.45. The standard InChI is InChI=1S/C12H15BrN2O/c1-8(2)14-12(16)15-6-9-4-3-5-11(13)10(9)7-15/h3-5,8H,6-7H2,1-2H3,(H,14,16). The Labute approximate surface area is 104 Å². The summed E-state index contributed by atoms with van der Waals surface area (Å²) in [6, 6.07) is 6.29. The van der Waals surface area contributed by atoms with Crippen LogP contribution < -0.4 is 5.32 Å². The van der Waals surface area contributed by atoms with Gasteiger partial charge in [-0.05, 0) is 31.0 Å². The second-order valence-corrected chi connectivity index (χ2v) is 5.19. The fourth-order valence-electron chi connectivity index (χ4n) is 1.86. The molecule has 0 radical (unpaired) electrons. The summed E-state index contributed by atoms with van der Waals surface area (Å²) in [4.78, 5) is 13.7. The summed E-state index contributed by atoms with van der Waals surface area (Å²) in [5, 5.41) is 2.91. The van der Waals surface area contributed by atoms with Crippen molar-refractivity contribution in [3.63, 3.8) is 0 Å². The Morgan fingerprint density at radius 2 is 2.19 bits per heavy atom. The number of halogens is 1. The first-order valence-corrected chi connectivity index (χ1v) is 6.19. The number of fused-ring (bicyclic) bond motifs is 1. The van der Waals surface area contributed by atoms with E-state index in [1.807, 2.05) is 30.9 Å². The van der Waals surface area contributed by atoms with E-state index in [0.29, 0.717) is 13.1 Å². The summed E-state index contributed by atoms with van der Waals surface area (Å²) in [7, 11) is 0. The first-order chi connectivity index (χ1) is 7.58. The van der Waals surface area contributed by atoms with Crippen molar-refractivity contribution in [1.29, 1.82) is 0 Å². The zero-order chi connectivity index (χ0) is 11.7. The Morgan fingerprint density at radius 1 is 1.44 bits per heavy atom. The number of nitrogens with zero attached hydrogens (tertiary/aromatic N) is 1. The number of benzene rings is 1. The normalized spacial score (nSPS) is 14.1. The van der Waals surface area contributed by atoms with Crippen LogP contribution in [0.2, 0.25) is 0 Å². The molecule has 0 saturated carbocycles. The Hall–Kier alpha value is -1.03. The number of rotatable bonds is 1. The maximum absolute atomic E-state index is 11.8. The van der Waals surface area contributed by atoms with Gasteiger partial charge < -0.3 is 10.2 Å². The zero-order valence-electron chi connectivity index (χ0n) is 9.46. The van der Waals surface area contributed by atoms with Crippen LogP contribution in [0.5, 0.6) is 0 Å². The number of hydrogen-bond donors (Lipinski definition) is 1. The van der Waals surface area contributed by atoms with Crippen LogP contribution in [0.15, 0.2) is 22.7 Å². The average molecular weight is 283 g/mol. The third-order valence-corrected chi connectivity index (χ3v) is 3.37. The topological polar surface area (TPSA) is 32.3 Å². The van der Waals surface area contributed by atoms with Gasteiger partial charge in [-0.2, -0.15) is 0 Å². The lowest BCUT2D eigenvalue weighted by molar-refractivity contribution is 0.196. The molecule has 1 aromatic rings. The maximum Gasteiger partial charge on any atom is 0.318 e. The number of carbonyl (C=O) groups is 1. The largest absolute Gasteiger partial charge is 0.336 e. The molecule has 4 heteroatoms. The Bertz CT molecular complexity index is 417. The lowest BCUT2D eigenvalue weighted by Gasteiger charge is -2.18. The second-order valence-electron chi connectivity index (χ2n) is 4.34. The molecular formula is C12H15BrN2O. The van der Waals surface area contributed by atoms with E-state index in [-0.39, 0.29) is 12.1 Å². The highest BCUT2D eigenvalue weighted by molar-refractivity contribution is 9.10. The van der Waals surface area contributed by atoms with E-state index in [1.165, 1.54) is 11.1 Å². The average Bonchev–Trinajstić information content (AvgIpc) is 2.61. The zero-order valence-corrected chi connectivity index (χ0v) is 11.0. The van der Waals surface area contributed by atoms with E-state index >= 15 is 0 Å². The molecule has 0 bridgehead atoms. The van der Waals surface area contributed by atoms with Crippen molar-refractivity contribution in [3.8, 4) is 0 Å². The van der Waals surface area contributed by atoms with Gasteiger partial charge in [-0.3, -0.25) is 0 Å². The molecule has 0 fully saturated rings.